The van der Waals surface area contributed by atoms with Gasteiger partial charge in [0.2, 0.25) is 0 Å². The highest BCUT2D eigenvalue weighted by Crippen LogP contribution is 2.46. The van der Waals surface area contributed by atoms with Crippen molar-refractivity contribution in [2.24, 2.45) is 7.05 Å². The molecule has 3 aromatic carbocycles. The summed E-state index contributed by atoms with van der Waals surface area (Å²) in [7, 11) is 1.22. The minimum absolute atomic E-state index is 0.0607. The number of benzene rings is 3. The normalized spacial score (nSPS) is 12.1. The number of hydrogen-bond donors (Lipinski definition) is 1. The molecule has 0 aliphatic rings. The van der Waals surface area contributed by atoms with Crippen molar-refractivity contribution in [3.05, 3.63) is 88.1 Å². The molecule has 0 saturated heterocycles. The second-order valence-electron chi connectivity index (χ2n) is 8.37. The van der Waals surface area contributed by atoms with E-state index < -0.39 is 34.9 Å². The second-order valence-corrected chi connectivity index (χ2v) is 8.81. The number of rotatable bonds is 5. The van der Waals surface area contributed by atoms with Crippen LogP contribution in [0.25, 0.3) is 22.4 Å². The molecule has 1 aromatic heterocycles. The van der Waals surface area contributed by atoms with Gasteiger partial charge >= 0.3 is 12.4 Å². The van der Waals surface area contributed by atoms with Gasteiger partial charge in [0.1, 0.15) is 18.1 Å². The maximum Gasteiger partial charge on any atom is 0.435 e. The van der Waals surface area contributed by atoms with Crippen LogP contribution >= 0.6 is 11.6 Å². The fourth-order valence-electron chi connectivity index (χ4n) is 3.94. The summed E-state index contributed by atoms with van der Waals surface area (Å²) < 4.78 is 88.7. The molecule has 194 valence electrons. The summed E-state index contributed by atoms with van der Waals surface area (Å²) in [6.07, 6.45) is -9.74. The lowest BCUT2D eigenvalue weighted by Gasteiger charge is -2.15. The first kappa shape index (κ1) is 26.4. The molecule has 4 nitrogen and oxygen atoms in total. The average Bonchev–Trinajstić information content (AvgIpc) is 3.15. The Labute approximate surface area is 212 Å². The number of phenolic OH excluding ortho intramolecular Hbond substituents is 1. The number of alkyl halides is 6. The summed E-state index contributed by atoms with van der Waals surface area (Å²) in [4.78, 5) is 0. The van der Waals surface area contributed by atoms with Crippen LogP contribution < -0.4 is 4.74 Å². The third-order valence-electron chi connectivity index (χ3n) is 5.55. The van der Waals surface area contributed by atoms with E-state index in [1.807, 2.05) is 0 Å². The van der Waals surface area contributed by atoms with Gasteiger partial charge in [-0.3, -0.25) is 4.68 Å². The van der Waals surface area contributed by atoms with E-state index in [0.717, 1.165) is 16.3 Å². The van der Waals surface area contributed by atoms with Gasteiger partial charge in [0.25, 0.3) is 0 Å². The van der Waals surface area contributed by atoms with E-state index in [1.54, 1.807) is 24.3 Å². The SMILES string of the molecule is Cc1cc(-c2c(C(F)(F)F)nn(C)c2-c2ccc(OCc3ccc(Cl)cc3)cc2O)cc(C(F)(F)F)c1. The van der Waals surface area contributed by atoms with Crippen LogP contribution in [0.4, 0.5) is 26.3 Å². The van der Waals surface area contributed by atoms with Crippen molar-refractivity contribution in [2.45, 2.75) is 25.9 Å². The fourth-order valence-corrected chi connectivity index (χ4v) is 4.07. The van der Waals surface area contributed by atoms with E-state index in [1.165, 1.54) is 38.2 Å². The summed E-state index contributed by atoms with van der Waals surface area (Å²) in [6, 6.07) is 13.5. The van der Waals surface area contributed by atoms with Crippen molar-refractivity contribution in [3.63, 3.8) is 0 Å². The van der Waals surface area contributed by atoms with E-state index in [0.29, 0.717) is 11.1 Å². The summed E-state index contributed by atoms with van der Waals surface area (Å²) in [6.45, 7) is 1.49. The molecule has 1 N–H and O–H groups in total. The zero-order valence-electron chi connectivity index (χ0n) is 19.4. The van der Waals surface area contributed by atoms with Crippen molar-refractivity contribution in [1.82, 2.24) is 9.78 Å². The number of ether oxygens (including phenoxy) is 1. The van der Waals surface area contributed by atoms with Crippen molar-refractivity contribution in [1.29, 1.82) is 0 Å². The van der Waals surface area contributed by atoms with Crippen LogP contribution in [-0.4, -0.2) is 14.9 Å². The van der Waals surface area contributed by atoms with E-state index in [-0.39, 0.29) is 34.7 Å². The molecule has 4 rings (SSSR count). The van der Waals surface area contributed by atoms with Crippen LogP contribution in [0.5, 0.6) is 11.5 Å². The topological polar surface area (TPSA) is 47.3 Å². The molecule has 1 heterocycles. The largest absolute Gasteiger partial charge is 0.507 e. The molecular weight excluding hydrogens is 522 g/mol. The maximum atomic E-state index is 13.9. The zero-order valence-corrected chi connectivity index (χ0v) is 20.1. The predicted molar refractivity (Wildman–Crippen MR) is 126 cm³/mol. The quantitative estimate of drug-likeness (QED) is 0.261. The molecule has 0 radical (unpaired) electrons. The molecule has 0 unspecified atom stereocenters. The van der Waals surface area contributed by atoms with E-state index in [2.05, 4.69) is 5.10 Å². The van der Waals surface area contributed by atoms with Crippen LogP contribution in [0, 0.1) is 6.92 Å². The van der Waals surface area contributed by atoms with Gasteiger partial charge in [0, 0.05) is 29.3 Å². The number of nitrogens with zero attached hydrogens (tertiary/aromatic N) is 2. The Morgan fingerprint density at radius 2 is 1.59 bits per heavy atom. The van der Waals surface area contributed by atoms with Gasteiger partial charge in [-0.2, -0.15) is 31.4 Å². The van der Waals surface area contributed by atoms with Gasteiger partial charge < -0.3 is 9.84 Å². The first-order valence-corrected chi connectivity index (χ1v) is 11.2. The molecule has 0 amide bonds. The Kier molecular flexibility index (Phi) is 6.89. The summed E-state index contributed by atoms with van der Waals surface area (Å²) in [5, 5.41) is 14.8. The summed E-state index contributed by atoms with van der Waals surface area (Å²) in [5.74, 6) is -0.207. The molecule has 0 aliphatic heterocycles. The third-order valence-corrected chi connectivity index (χ3v) is 5.80. The van der Waals surface area contributed by atoms with Crippen LogP contribution in [-0.2, 0) is 26.0 Å². The molecule has 0 bridgehead atoms. The van der Waals surface area contributed by atoms with Crippen LogP contribution in [0.2, 0.25) is 5.02 Å². The Bertz CT molecular complexity index is 1440. The summed E-state index contributed by atoms with van der Waals surface area (Å²) in [5.41, 5.74) is -2.73. The lowest BCUT2D eigenvalue weighted by molar-refractivity contribution is -0.141. The fraction of sp³-hybridized carbons (Fsp3) is 0.192. The van der Waals surface area contributed by atoms with Gasteiger partial charge in [0.15, 0.2) is 5.69 Å². The zero-order chi connectivity index (χ0) is 27.1. The van der Waals surface area contributed by atoms with Crippen LogP contribution in [0.1, 0.15) is 22.4 Å². The molecule has 0 fully saturated rings. The average molecular weight is 541 g/mol. The molecule has 0 aliphatic carbocycles. The number of halogens is 7. The van der Waals surface area contributed by atoms with Crippen LogP contribution in [0.15, 0.2) is 60.7 Å². The number of aromatic hydroxyl groups is 1. The monoisotopic (exact) mass is 540 g/mol. The first-order valence-electron chi connectivity index (χ1n) is 10.8. The van der Waals surface area contributed by atoms with E-state index in [9.17, 15) is 31.4 Å². The van der Waals surface area contributed by atoms with Crippen LogP contribution in [0.3, 0.4) is 0 Å². The number of aryl methyl sites for hydroxylation is 2. The molecule has 37 heavy (non-hydrogen) atoms. The van der Waals surface area contributed by atoms with Crippen molar-refractivity contribution >= 4 is 11.6 Å². The van der Waals surface area contributed by atoms with Crippen molar-refractivity contribution in [3.8, 4) is 33.9 Å². The highest BCUT2D eigenvalue weighted by atomic mass is 35.5. The molecule has 4 aromatic rings. The minimum Gasteiger partial charge on any atom is -0.507 e. The Hall–Kier alpha value is -3.66. The smallest absolute Gasteiger partial charge is 0.435 e. The molecule has 0 atom stereocenters. The predicted octanol–water partition coefficient (Wildman–Crippen LogP) is 8.04. The van der Waals surface area contributed by atoms with E-state index >= 15 is 0 Å². The first-order chi connectivity index (χ1) is 17.2. The lowest BCUT2D eigenvalue weighted by Crippen LogP contribution is -2.09. The van der Waals surface area contributed by atoms with Gasteiger partial charge in [0.05, 0.1) is 11.3 Å². The lowest BCUT2D eigenvalue weighted by atomic mass is 9.94. The maximum absolute atomic E-state index is 13.9. The number of hydrogen-bond acceptors (Lipinski definition) is 3. The number of aromatic nitrogens is 2. The van der Waals surface area contributed by atoms with Gasteiger partial charge in [-0.1, -0.05) is 29.8 Å². The molecule has 0 saturated carbocycles. The third kappa shape index (κ3) is 5.69. The second kappa shape index (κ2) is 9.66. The van der Waals surface area contributed by atoms with Crippen molar-refractivity contribution in [2.75, 3.05) is 0 Å². The molecular formula is C26H19ClF6N2O2. The Morgan fingerprint density at radius 3 is 2.19 bits per heavy atom. The van der Waals surface area contributed by atoms with Gasteiger partial charge in [-0.25, -0.2) is 0 Å². The van der Waals surface area contributed by atoms with E-state index in [4.69, 9.17) is 16.3 Å². The molecule has 0 spiro atoms. The molecule has 11 heteroatoms. The van der Waals surface area contributed by atoms with Crippen molar-refractivity contribution < 1.29 is 36.2 Å². The number of phenols is 1. The summed E-state index contributed by atoms with van der Waals surface area (Å²) >= 11 is 5.86. The highest BCUT2D eigenvalue weighted by molar-refractivity contribution is 6.30. The Balaban J connectivity index is 1.80. The van der Waals surface area contributed by atoms with Gasteiger partial charge in [-0.05, 0) is 60.0 Å². The standard InChI is InChI=1S/C26H19ClF6N2O2/c1-14-9-16(11-17(10-14)25(28,29)30)22-23(35(2)34-24(22)26(31,32)33)20-8-7-19(12-21(20)36)37-13-15-3-5-18(27)6-4-15/h3-12,36H,13H2,1-2H3. The minimum atomic E-state index is -4.97. The highest BCUT2D eigenvalue weighted by Gasteiger charge is 2.40. The van der Waals surface area contributed by atoms with Gasteiger partial charge in [-0.15, -0.1) is 0 Å². The Morgan fingerprint density at radius 1 is 0.919 bits per heavy atom.